The SMILES string of the molecule is CCCCC(CC)CNC(=O)On1[nH]c2ccccc2c1=O. The number of fused-ring (bicyclic) bond motifs is 1. The summed E-state index contributed by atoms with van der Waals surface area (Å²) in [6.07, 6.45) is 3.76. The normalized spacial score (nSPS) is 12.3. The number of rotatable bonds is 7. The molecule has 0 saturated heterocycles. The van der Waals surface area contributed by atoms with Crippen LogP contribution >= 0.6 is 0 Å². The van der Waals surface area contributed by atoms with Crippen LogP contribution < -0.4 is 15.7 Å². The molecule has 0 aliphatic rings. The Morgan fingerprint density at radius 3 is 2.82 bits per heavy atom. The van der Waals surface area contributed by atoms with E-state index in [9.17, 15) is 9.59 Å². The van der Waals surface area contributed by atoms with Crippen molar-refractivity contribution in [2.45, 2.75) is 39.5 Å². The highest BCUT2D eigenvalue weighted by Gasteiger charge is 2.12. The van der Waals surface area contributed by atoms with E-state index in [1.54, 1.807) is 18.2 Å². The maximum Gasteiger partial charge on any atom is 0.433 e. The number of H-pyrrole nitrogens is 1. The minimum atomic E-state index is -0.622. The Bertz CT molecular complexity index is 675. The minimum Gasteiger partial charge on any atom is -0.319 e. The fraction of sp³-hybridized carbons (Fsp3) is 0.500. The summed E-state index contributed by atoms with van der Waals surface area (Å²) < 4.78 is 0. The zero-order valence-electron chi connectivity index (χ0n) is 13.1. The molecule has 120 valence electrons. The van der Waals surface area contributed by atoms with Gasteiger partial charge in [-0.1, -0.05) is 50.1 Å². The van der Waals surface area contributed by atoms with Gasteiger partial charge in [0.25, 0.3) is 0 Å². The Morgan fingerprint density at radius 2 is 2.14 bits per heavy atom. The largest absolute Gasteiger partial charge is 0.433 e. The molecule has 0 saturated carbocycles. The fourth-order valence-corrected chi connectivity index (χ4v) is 2.39. The molecule has 2 rings (SSSR count). The van der Waals surface area contributed by atoms with Crippen LogP contribution in [0.4, 0.5) is 4.79 Å². The third-order valence-corrected chi connectivity index (χ3v) is 3.82. The molecule has 1 aromatic heterocycles. The summed E-state index contributed by atoms with van der Waals surface area (Å²) in [6.45, 7) is 4.82. The molecule has 22 heavy (non-hydrogen) atoms. The molecule has 1 unspecified atom stereocenters. The van der Waals surface area contributed by atoms with Crippen molar-refractivity contribution in [3.05, 3.63) is 34.6 Å². The molecule has 1 aromatic carbocycles. The lowest BCUT2D eigenvalue weighted by Crippen LogP contribution is -2.38. The molecule has 0 aliphatic heterocycles. The van der Waals surface area contributed by atoms with E-state index in [1.807, 2.05) is 6.07 Å². The lowest BCUT2D eigenvalue weighted by molar-refractivity contribution is 0.111. The molecule has 0 aliphatic carbocycles. The van der Waals surface area contributed by atoms with E-state index in [4.69, 9.17) is 4.84 Å². The molecule has 1 heterocycles. The number of aromatic amines is 1. The second kappa shape index (κ2) is 7.68. The van der Waals surface area contributed by atoms with Crippen molar-refractivity contribution in [3.63, 3.8) is 0 Å². The van der Waals surface area contributed by atoms with Crippen LogP contribution in [-0.4, -0.2) is 22.6 Å². The predicted octanol–water partition coefficient (Wildman–Crippen LogP) is 2.68. The van der Waals surface area contributed by atoms with Gasteiger partial charge in [0.1, 0.15) is 0 Å². The second-order valence-corrected chi connectivity index (χ2v) is 5.43. The van der Waals surface area contributed by atoms with E-state index < -0.39 is 6.09 Å². The smallest absolute Gasteiger partial charge is 0.319 e. The number of unbranched alkanes of at least 4 members (excludes halogenated alkanes) is 1. The third-order valence-electron chi connectivity index (χ3n) is 3.82. The number of para-hydroxylation sites is 1. The first-order chi connectivity index (χ1) is 10.7. The van der Waals surface area contributed by atoms with Crippen molar-refractivity contribution >= 4 is 17.0 Å². The fourth-order valence-electron chi connectivity index (χ4n) is 2.39. The third kappa shape index (κ3) is 3.90. The summed E-state index contributed by atoms with van der Waals surface area (Å²) in [6, 6.07) is 7.01. The zero-order valence-corrected chi connectivity index (χ0v) is 13.1. The number of hydrogen-bond acceptors (Lipinski definition) is 3. The van der Waals surface area contributed by atoms with Crippen LogP contribution in [0.25, 0.3) is 10.9 Å². The first-order valence-corrected chi connectivity index (χ1v) is 7.81. The van der Waals surface area contributed by atoms with Crippen molar-refractivity contribution < 1.29 is 9.63 Å². The van der Waals surface area contributed by atoms with Crippen molar-refractivity contribution in [2.24, 2.45) is 5.92 Å². The van der Waals surface area contributed by atoms with Crippen molar-refractivity contribution in [1.82, 2.24) is 15.3 Å². The highest BCUT2D eigenvalue weighted by Crippen LogP contribution is 2.11. The van der Waals surface area contributed by atoms with Gasteiger partial charge in [0.2, 0.25) is 0 Å². The van der Waals surface area contributed by atoms with Gasteiger partial charge in [-0.15, -0.1) is 0 Å². The quantitative estimate of drug-likeness (QED) is 0.825. The maximum atomic E-state index is 12.0. The van der Waals surface area contributed by atoms with Gasteiger partial charge >= 0.3 is 11.7 Å². The van der Waals surface area contributed by atoms with E-state index in [0.717, 1.165) is 30.5 Å². The van der Waals surface area contributed by atoms with Crippen molar-refractivity contribution in [2.75, 3.05) is 6.54 Å². The highest BCUT2D eigenvalue weighted by molar-refractivity contribution is 5.77. The predicted molar refractivity (Wildman–Crippen MR) is 85.8 cm³/mol. The highest BCUT2D eigenvalue weighted by atomic mass is 16.7. The topological polar surface area (TPSA) is 76.1 Å². The zero-order chi connectivity index (χ0) is 15.9. The van der Waals surface area contributed by atoms with Crippen LogP contribution in [0.2, 0.25) is 0 Å². The minimum absolute atomic E-state index is 0.372. The molecule has 1 amide bonds. The number of benzene rings is 1. The summed E-state index contributed by atoms with van der Waals surface area (Å²) >= 11 is 0. The van der Waals surface area contributed by atoms with Gasteiger partial charge in [-0.05, 0) is 24.5 Å². The summed E-state index contributed by atoms with van der Waals surface area (Å²) in [4.78, 5) is 29.7. The van der Waals surface area contributed by atoms with Gasteiger partial charge in [0.05, 0.1) is 10.9 Å². The van der Waals surface area contributed by atoms with Gasteiger partial charge in [0, 0.05) is 6.54 Å². The van der Waals surface area contributed by atoms with Crippen LogP contribution in [0.1, 0.15) is 39.5 Å². The van der Waals surface area contributed by atoms with E-state index in [2.05, 4.69) is 24.3 Å². The molecule has 2 N–H and O–H groups in total. The van der Waals surface area contributed by atoms with E-state index >= 15 is 0 Å². The molecular formula is C16H23N3O3. The van der Waals surface area contributed by atoms with Gasteiger partial charge in [0.15, 0.2) is 0 Å². The summed E-state index contributed by atoms with van der Waals surface area (Å²) in [5, 5.41) is 5.96. The molecule has 6 nitrogen and oxygen atoms in total. The molecule has 2 aromatic rings. The molecule has 6 heteroatoms. The van der Waals surface area contributed by atoms with Crippen LogP contribution in [0.15, 0.2) is 29.1 Å². The summed E-state index contributed by atoms with van der Waals surface area (Å²) in [7, 11) is 0. The molecule has 0 radical (unpaired) electrons. The number of hydrogen-bond donors (Lipinski definition) is 2. The Hall–Kier alpha value is -2.24. The second-order valence-electron chi connectivity index (χ2n) is 5.43. The number of amides is 1. The van der Waals surface area contributed by atoms with Gasteiger partial charge in [-0.3, -0.25) is 14.7 Å². The van der Waals surface area contributed by atoms with E-state index in [-0.39, 0.29) is 5.56 Å². The van der Waals surface area contributed by atoms with Crippen molar-refractivity contribution in [3.8, 4) is 0 Å². The average molecular weight is 305 g/mol. The van der Waals surface area contributed by atoms with Crippen LogP contribution in [-0.2, 0) is 0 Å². The van der Waals surface area contributed by atoms with Gasteiger partial charge < -0.3 is 5.32 Å². The molecule has 0 bridgehead atoms. The van der Waals surface area contributed by atoms with Gasteiger partial charge in [-0.25, -0.2) is 4.79 Å². The summed E-state index contributed by atoms with van der Waals surface area (Å²) in [5.74, 6) is 0.437. The van der Waals surface area contributed by atoms with E-state index in [0.29, 0.717) is 23.4 Å². The first-order valence-electron chi connectivity index (χ1n) is 7.81. The average Bonchev–Trinajstić information content (AvgIpc) is 2.84. The Morgan fingerprint density at radius 1 is 1.36 bits per heavy atom. The standard InChI is InChI=1S/C16H23N3O3/c1-3-5-8-12(4-2)11-17-16(21)22-19-15(20)13-9-6-7-10-14(13)18-19/h6-7,9-10,12,18H,3-5,8,11H2,1-2H3,(H,17,21). The maximum absolute atomic E-state index is 12.0. The van der Waals surface area contributed by atoms with Gasteiger partial charge in [-0.2, -0.15) is 0 Å². The number of carbonyl (C=O) groups is 1. The Balaban J connectivity index is 1.93. The number of nitrogens with one attached hydrogen (secondary N) is 2. The molecule has 1 atom stereocenters. The lowest BCUT2D eigenvalue weighted by atomic mass is 10.00. The molecule has 0 spiro atoms. The number of aromatic nitrogens is 2. The first kappa shape index (κ1) is 16.1. The Kier molecular flexibility index (Phi) is 5.63. The van der Waals surface area contributed by atoms with Crippen molar-refractivity contribution in [1.29, 1.82) is 0 Å². The number of carbonyl (C=O) groups excluding carboxylic acids is 1. The molecular weight excluding hydrogens is 282 g/mol. The summed E-state index contributed by atoms with van der Waals surface area (Å²) in [5.41, 5.74) is 0.262. The monoisotopic (exact) mass is 305 g/mol. The van der Waals surface area contributed by atoms with Crippen LogP contribution in [0.5, 0.6) is 0 Å². The molecule has 0 fully saturated rings. The number of nitrogens with zero attached hydrogens (tertiary/aromatic N) is 1. The Labute approximate surface area is 129 Å². The van der Waals surface area contributed by atoms with Crippen LogP contribution in [0, 0.1) is 5.92 Å². The van der Waals surface area contributed by atoms with E-state index in [1.165, 1.54) is 0 Å². The van der Waals surface area contributed by atoms with Crippen LogP contribution in [0.3, 0.4) is 0 Å². The lowest BCUT2D eigenvalue weighted by Gasteiger charge is -2.14.